The van der Waals surface area contributed by atoms with E-state index in [0.29, 0.717) is 12.0 Å². The van der Waals surface area contributed by atoms with Crippen LogP contribution < -0.4 is 0 Å². The lowest BCUT2D eigenvalue weighted by Crippen LogP contribution is -2.39. The molecule has 0 aliphatic carbocycles. The molecule has 0 spiro atoms. The fourth-order valence-corrected chi connectivity index (χ4v) is 3.86. The number of β-amino-alcohol motifs (C(OH)–C–C–N with tert-alkyl or cyclic N) is 1. The molecular formula is C18H29NO3S. The van der Waals surface area contributed by atoms with E-state index in [0.717, 1.165) is 31.5 Å². The quantitative estimate of drug-likeness (QED) is 0.916. The van der Waals surface area contributed by atoms with Crippen molar-refractivity contribution in [3.05, 3.63) is 29.8 Å². The fraction of sp³-hybridized carbons (Fsp3) is 0.667. The van der Waals surface area contributed by atoms with Gasteiger partial charge in [-0.25, -0.2) is 8.42 Å². The second-order valence-electron chi connectivity index (χ2n) is 7.86. The van der Waals surface area contributed by atoms with Crippen LogP contribution in [0.2, 0.25) is 0 Å². The molecule has 0 saturated carbocycles. The molecule has 1 N–H and O–H groups in total. The maximum absolute atomic E-state index is 11.5. The molecule has 0 bridgehead atoms. The molecule has 4 nitrogen and oxygen atoms in total. The van der Waals surface area contributed by atoms with Crippen LogP contribution in [0.25, 0.3) is 0 Å². The molecule has 1 aromatic carbocycles. The fourth-order valence-electron chi connectivity index (χ4n) is 3.22. The predicted octanol–water partition coefficient (Wildman–Crippen LogP) is 2.81. The summed E-state index contributed by atoms with van der Waals surface area (Å²) in [6.45, 7) is 8.97. The highest BCUT2D eigenvalue weighted by Gasteiger charge is 2.29. The number of hydrogen-bond acceptors (Lipinski definition) is 4. The molecule has 1 atom stereocenters. The van der Waals surface area contributed by atoms with Gasteiger partial charge in [0.2, 0.25) is 0 Å². The van der Waals surface area contributed by atoms with E-state index in [4.69, 9.17) is 0 Å². The lowest BCUT2D eigenvalue weighted by Gasteiger charge is -2.31. The Morgan fingerprint density at radius 3 is 2.35 bits per heavy atom. The standard InChI is InChI=1S/C18H29NO3S/c1-17(2)10-5-12-19(13-11-17)14-18(3,20)15-6-8-16(9-7-15)23(4,21)22/h6-9,20H,5,10-14H2,1-4H3. The second-order valence-corrected chi connectivity index (χ2v) is 9.88. The van der Waals surface area contributed by atoms with Crippen LogP contribution in [0, 0.1) is 5.41 Å². The predicted molar refractivity (Wildman–Crippen MR) is 93.2 cm³/mol. The molecule has 1 fully saturated rings. The summed E-state index contributed by atoms with van der Waals surface area (Å²) in [5, 5.41) is 10.9. The molecule has 5 heteroatoms. The molecular weight excluding hydrogens is 310 g/mol. The Kier molecular flexibility index (Phi) is 5.24. The Bertz CT molecular complexity index is 633. The van der Waals surface area contributed by atoms with Crippen LogP contribution in [-0.4, -0.2) is 44.3 Å². The van der Waals surface area contributed by atoms with Crippen LogP contribution in [-0.2, 0) is 15.4 Å². The summed E-state index contributed by atoms with van der Waals surface area (Å²) >= 11 is 0. The van der Waals surface area contributed by atoms with Crippen molar-refractivity contribution in [3.63, 3.8) is 0 Å². The van der Waals surface area contributed by atoms with E-state index in [-0.39, 0.29) is 4.90 Å². The average molecular weight is 340 g/mol. The van der Waals surface area contributed by atoms with Crippen molar-refractivity contribution >= 4 is 9.84 Å². The molecule has 1 aliphatic rings. The monoisotopic (exact) mass is 339 g/mol. The molecule has 1 unspecified atom stereocenters. The third-order valence-corrected chi connectivity index (χ3v) is 6.00. The van der Waals surface area contributed by atoms with Crippen LogP contribution in [0.15, 0.2) is 29.2 Å². The molecule has 1 aromatic rings. The molecule has 0 radical (unpaired) electrons. The molecule has 0 aromatic heterocycles. The minimum Gasteiger partial charge on any atom is -0.384 e. The maximum Gasteiger partial charge on any atom is 0.175 e. The molecule has 1 saturated heterocycles. The van der Waals surface area contributed by atoms with E-state index >= 15 is 0 Å². The molecule has 1 aliphatic heterocycles. The summed E-state index contributed by atoms with van der Waals surface area (Å²) in [7, 11) is -3.20. The largest absolute Gasteiger partial charge is 0.384 e. The minimum absolute atomic E-state index is 0.286. The minimum atomic E-state index is -3.20. The number of likely N-dealkylation sites (tertiary alicyclic amines) is 1. The Morgan fingerprint density at radius 2 is 1.78 bits per heavy atom. The van der Waals surface area contributed by atoms with E-state index < -0.39 is 15.4 Å². The SMILES string of the molecule is CC1(C)CCCN(CC(C)(O)c2ccc(S(C)(=O)=O)cc2)CC1. The van der Waals surface area contributed by atoms with Crippen molar-refractivity contribution in [2.75, 3.05) is 25.9 Å². The highest BCUT2D eigenvalue weighted by atomic mass is 32.2. The summed E-state index contributed by atoms with van der Waals surface area (Å²) in [5.74, 6) is 0. The summed E-state index contributed by atoms with van der Waals surface area (Å²) in [4.78, 5) is 2.60. The number of hydrogen-bond donors (Lipinski definition) is 1. The number of sulfone groups is 1. The van der Waals surface area contributed by atoms with Crippen LogP contribution in [0.1, 0.15) is 45.6 Å². The Balaban J connectivity index is 2.09. The van der Waals surface area contributed by atoms with Crippen LogP contribution in [0.3, 0.4) is 0 Å². The van der Waals surface area contributed by atoms with Crippen molar-refractivity contribution in [1.29, 1.82) is 0 Å². The molecule has 2 rings (SSSR count). The maximum atomic E-state index is 11.5. The zero-order chi connectivity index (χ0) is 17.3. The smallest absolute Gasteiger partial charge is 0.175 e. The highest BCUT2D eigenvalue weighted by molar-refractivity contribution is 7.90. The highest BCUT2D eigenvalue weighted by Crippen LogP contribution is 2.31. The molecule has 23 heavy (non-hydrogen) atoms. The summed E-state index contributed by atoms with van der Waals surface area (Å²) in [6, 6.07) is 6.59. The van der Waals surface area contributed by atoms with Crippen LogP contribution >= 0.6 is 0 Å². The van der Waals surface area contributed by atoms with Gasteiger partial charge < -0.3 is 10.0 Å². The van der Waals surface area contributed by atoms with Gasteiger partial charge in [0.1, 0.15) is 0 Å². The van der Waals surface area contributed by atoms with Crippen LogP contribution in [0.4, 0.5) is 0 Å². The van der Waals surface area contributed by atoms with E-state index in [1.807, 2.05) is 0 Å². The normalized spacial score (nSPS) is 22.3. The first kappa shape index (κ1) is 18.4. The lowest BCUT2D eigenvalue weighted by molar-refractivity contribution is 0.0160. The van der Waals surface area contributed by atoms with Gasteiger partial charge in [0.05, 0.1) is 10.5 Å². The van der Waals surface area contributed by atoms with E-state index in [9.17, 15) is 13.5 Å². The third-order valence-electron chi connectivity index (χ3n) is 4.87. The first-order valence-electron chi connectivity index (χ1n) is 8.25. The van der Waals surface area contributed by atoms with Gasteiger partial charge >= 0.3 is 0 Å². The zero-order valence-electron chi connectivity index (χ0n) is 14.7. The van der Waals surface area contributed by atoms with E-state index in [1.165, 1.54) is 12.7 Å². The first-order valence-corrected chi connectivity index (χ1v) is 10.1. The third kappa shape index (κ3) is 5.03. The van der Waals surface area contributed by atoms with E-state index in [2.05, 4.69) is 18.7 Å². The number of aliphatic hydroxyl groups is 1. The number of nitrogens with zero attached hydrogens (tertiary/aromatic N) is 1. The summed E-state index contributed by atoms with van der Waals surface area (Å²) in [5.41, 5.74) is 0.149. The molecule has 0 amide bonds. The molecule has 130 valence electrons. The van der Waals surface area contributed by atoms with Crippen molar-refractivity contribution in [1.82, 2.24) is 4.90 Å². The van der Waals surface area contributed by atoms with Gasteiger partial charge in [-0.1, -0.05) is 26.0 Å². The number of rotatable bonds is 4. The van der Waals surface area contributed by atoms with Gasteiger partial charge in [-0.15, -0.1) is 0 Å². The molecule has 1 heterocycles. The first-order chi connectivity index (χ1) is 10.5. The van der Waals surface area contributed by atoms with Gasteiger partial charge in [0.15, 0.2) is 9.84 Å². The van der Waals surface area contributed by atoms with Crippen molar-refractivity contribution in [2.24, 2.45) is 5.41 Å². The van der Waals surface area contributed by atoms with Gasteiger partial charge in [0, 0.05) is 12.8 Å². The van der Waals surface area contributed by atoms with Crippen molar-refractivity contribution in [3.8, 4) is 0 Å². The van der Waals surface area contributed by atoms with Gasteiger partial charge in [0.25, 0.3) is 0 Å². The number of benzene rings is 1. The zero-order valence-corrected chi connectivity index (χ0v) is 15.5. The lowest BCUT2D eigenvalue weighted by atomic mass is 9.85. The van der Waals surface area contributed by atoms with Crippen LogP contribution in [0.5, 0.6) is 0 Å². The van der Waals surface area contributed by atoms with Gasteiger partial charge in [-0.05, 0) is 62.4 Å². The van der Waals surface area contributed by atoms with Crippen molar-refractivity contribution < 1.29 is 13.5 Å². The Hall–Kier alpha value is -0.910. The topological polar surface area (TPSA) is 57.6 Å². The summed E-state index contributed by atoms with van der Waals surface area (Å²) < 4.78 is 23.1. The second kappa shape index (κ2) is 6.54. The Labute approximate surface area is 140 Å². The van der Waals surface area contributed by atoms with Gasteiger partial charge in [-0.3, -0.25) is 0 Å². The van der Waals surface area contributed by atoms with E-state index in [1.54, 1.807) is 31.2 Å². The average Bonchev–Trinajstić information content (AvgIpc) is 2.59. The Morgan fingerprint density at radius 1 is 1.17 bits per heavy atom. The van der Waals surface area contributed by atoms with Gasteiger partial charge in [-0.2, -0.15) is 0 Å². The van der Waals surface area contributed by atoms with Crippen molar-refractivity contribution in [2.45, 2.75) is 50.5 Å². The summed E-state index contributed by atoms with van der Waals surface area (Å²) in [6.07, 6.45) is 4.69.